The summed E-state index contributed by atoms with van der Waals surface area (Å²) in [5.74, 6) is 1.19. The Balaban J connectivity index is 1.41. The van der Waals surface area contributed by atoms with E-state index in [1.165, 1.54) is 5.56 Å². The molecule has 1 amide bonds. The van der Waals surface area contributed by atoms with E-state index in [1.807, 2.05) is 72.8 Å². The van der Waals surface area contributed by atoms with Gasteiger partial charge in [-0.15, -0.1) is 0 Å². The van der Waals surface area contributed by atoms with Crippen LogP contribution in [0.2, 0.25) is 0 Å². The van der Waals surface area contributed by atoms with Crippen molar-refractivity contribution in [3.8, 4) is 28.5 Å². The molecular formula is C25H22N2O3. The third kappa shape index (κ3) is 4.58. The molecule has 0 aliphatic heterocycles. The van der Waals surface area contributed by atoms with Crippen LogP contribution in [0.1, 0.15) is 11.1 Å². The fraction of sp³-hybridized carbons (Fsp3) is 0.120. The fourth-order valence-corrected chi connectivity index (χ4v) is 3.13. The molecule has 0 saturated heterocycles. The highest BCUT2D eigenvalue weighted by atomic mass is 16.5. The van der Waals surface area contributed by atoms with E-state index < -0.39 is 0 Å². The molecule has 0 bridgehead atoms. The predicted octanol–water partition coefficient (Wildman–Crippen LogP) is 5.51. The highest BCUT2D eigenvalue weighted by Gasteiger charge is 2.10. The van der Waals surface area contributed by atoms with Crippen molar-refractivity contribution in [3.05, 3.63) is 90.2 Å². The summed E-state index contributed by atoms with van der Waals surface area (Å²) in [6.45, 7) is 2.05. The topological polar surface area (TPSA) is 64.4 Å². The number of benzene rings is 3. The second-order valence-corrected chi connectivity index (χ2v) is 7.06. The number of hydrogen-bond donors (Lipinski definition) is 1. The van der Waals surface area contributed by atoms with Crippen molar-refractivity contribution in [2.45, 2.75) is 13.3 Å². The molecule has 0 aliphatic rings. The van der Waals surface area contributed by atoms with Crippen molar-refractivity contribution in [1.29, 1.82) is 0 Å². The number of nitrogens with one attached hydrogen (secondary N) is 1. The van der Waals surface area contributed by atoms with Crippen LogP contribution >= 0.6 is 0 Å². The van der Waals surface area contributed by atoms with Gasteiger partial charge in [-0.25, -0.2) is 4.98 Å². The molecule has 5 nitrogen and oxygen atoms in total. The van der Waals surface area contributed by atoms with Gasteiger partial charge in [-0.2, -0.15) is 0 Å². The van der Waals surface area contributed by atoms with Gasteiger partial charge in [0.2, 0.25) is 11.8 Å². The van der Waals surface area contributed by atoms with E-state index in [0.29, 0.717) is 5.89 Å². The second kappa shape index (κ2) is 8.66. The van der Waals surface area contributed by atoms with E-state index in [0.717, 1.165) is 33.8 Å². The first-order valence-corrected chi connectivity index (χ1v) is 9.66. The number of amides is 1. The van der Waals surface area contributed by atoms with Crippen molar-refractivity contribution < 1.29 is 13.9 Å². The molecule has 5 heteroatoms. The summed E-state index contributed by atoms with van der Waals surface area (Å²) in [5, 5.41) is 2.91. The molecule has 4 aromatic rings. The van der Waals surface area contributed by atoms with E-state index in [-0.39, 0.29) is 12.3 Å². The smallest absolute Gasteiger partial charge is 0.228 e. The molecular weight excluding hydrogens is 376 g/mol. The molecule has 0 radical (unpaired) electrons. The molecule has 0 aliphatic carbocycles. The Bertz CT molecular complexity index is 1150. The minimum Gasteiger partial charge on any atom is -0.497 e. The predicted molar refractivity (Wildman–Crippen MR) is 117 cm³/mol. The average Bonchev–Trinajstić information content (AvgIpc) is 3.25. The Morgan fingerprint density at radius 2 is 1.73 bits per heavy atom. The molecule has 0 unspecified atom stereocenters. The maximum Gasteiger partial charge on any atom is 0.228 e. The summed E-state index contributed by atoms with van der Waals surface area (Å²) in [7, 11) is 1.61. The van der Waals surface area contributed by atoms with Gasteiger partial charge in [-0.05, 0) is 48.9 Å². The molecule has 1 heterocycles. The number of nitrogens with zero attached hydrogens (tertiary/aromatic N) is 1. The van der Waals surface area contributed by atoms with Crippen molar-refractivity contribution in [1.82, 2.24) is 4.98 Å². The number of ether oxygens (including phenoxy) is 1. The SMILES string of the molecule is COc1cccc(CC(=O)Nc2ccc(-c3nc(-c4ccc(C)cc4)co3)cc2)c1. The van der Waals surface area contributed by atoms with Crippen LogP contribution in [0, 0.1) is 6.92 Å². The third-order valence-electron chi connectivity index (χ3n) is 4.77. The van der Waals surface area contributed by atoms with Gasteiger partial charge in [0, 0.05) is 16.8 Å². The summed E-state index contributed by atoms with van der Waals surface area (Å²) in [6, 6.07) is 23.1. The van der Waals surface area contributed by atoms with E-state index >= 15 is 0 Å². The first-order chi connectivity index (χ1) is 14.6. The molecule has 0 atom stereocenters. The van der Waals surface area contributed by atoms with Gasteiger partial charge in [-0.3, -0.25) is 4.79 Å². The number of methoxy groups -OCH3 is 1. The van der Waals surface area contributed by atoms with Crippen LogP contribution in [0.3, 0.4) is 0 Å². The normalized spacial score (nSPS) is 10.6. The summed E-state index contributed by atoms with van der Waals surface area (Å²) in [5.41, 5.74) is 5.47. The molecule has 1 N–H and O–H groups in total. The summed E-state index contributed by atoms with van der Waals surface area (Å²) in [6.07, 6.45) is 1.93. The Hall–Kier alpha value is -3.86. The number of oxazole rings is 1. The van der Waals surface area contributed by atoms with Gasteiger partial charge in [-0.1, -0.05) is 42.0 Å². The van der Waals surface area contributed by atoms with E-state index in [4.69, 9.17) is 9.15 Å². The number of rotatable bonds is 6. The van der Waals surface area contributed by atoms with E-state index in [1.54, 1.807) is 13.4 Å². The van der Waals surface area contributed by atoms with Gasteiger partial charge >= 0.3 is 0 Å². The monoisotopic (exact) mass is 398 g/mol. The molecule has 4 rings (SSSR count). The molecule has 0 spiro atoms. The van der Waals surface area contributed by atoms with Crippen molar-refractivity contribution >= 4 is 11.6 Å². The van der Waals surface area contributed by atoms with Crippen LogP contribution < -0.4 is 10.1 Å². The maximum absolute atomic E-state index is 12.3. The van der Waals surface area contributed by atoms with E-state index in [2.05, 4.69) is 17.2 Å². The van der Waals surface area contributed by atoms with Crippen LogP contribution in [0.5, 0.6) is 5.75 Å². The lowest BCUT2D eigenvalue weighted by Gasteiger charge is -2.07. The van der Waals surface area contributed by atoms with Gasteiger partial charge in [0.15, 0.2) is 0 Å². The standard InChI is InChI=1S/C25H22N2O3/c1-17-6-8-19(9-7-17)23-16-30-25(27-23)20-10-12-21(13-11-20)26-24(28)15-18-4-3-5-22(14-18)29-2/h3-14,16H,15H2,1-2H3,(H,26,28). The molecule has 1 aromatic heterocycles. The van der Waals surface area contributed by atoms with Gasteiger partial charge in [0.25, 0.3) is 0 Å². The highest BCUT2D eigenvalue weighted by Crippen LogP contribution is 2.26. The molecule has 3 aromatic carbocycles. The number of hydrogen-bond acceptors (Lipinski definition) is 4. The Morgan fingerprint density at radius 1 is 1.00 bits per heavy atom. The summed E-state index contributed by atoms with van der Waals surface area (Å²) >= 11 is 0. The zero-order valence-corrected chi connectivity index (χ0v) is 16.9. The van der Waals surface area contributed by atoms with Crippen LogP contribution in [0.25, 0.3) is 22.7 Å². The minimum atomic E-state index is -0.0891. The third-order valence-corrected chi connectivity index (χ3v) is 4.77. The molecule has 30 heavy (non-hydrogen) atoms. The summed E-state index contributed by atoms with van der Waals surface area (Å²) < 4.78 is 10.8. The lowest BCUT2D eigenvalue weighted by Crippen LogP contribution is -2.14. The number of aromatic nitrogens is 1. The number of carbonyl (C=O) groups is 1. The zero-order chi connectivity index (χ0) is 20.9. The first-order valence-electron chi connectivity index (χ1n) is 9.66. The second-order valence-electron chi connectivity index (χ2n) is 7.06. The lowest BCUT2D eigenvalue weighted by molar-refractivity contribution is -0.115. The Morgan fingerprint density at radius 3 is 2.47 bits per heavy atom. The highest BCUT2D eigenvalue weighted by molar-refractivity contribution is 5.92. The number of aryl methyl sites for hydroxylation is 1. The van der Waals surface area contributed by atoms with E-state index in [9.17, 15) is 4.79 Å². The molecule has 0 fully saturated rings. The quantitative estimate of drug-likeness (QED) is 0.465. The van der Waals surface area contributed by atoms with Crippen LogP contribution in [0.15, 0.2) is 83.5 Å². The van der Waals surface area contributed by atoms with Crippen molar-refractivity contribution in [3.63, 3.8) is 0 Å². The van der Waals surface area contributed by atoms with Crippen molar-refractivity contribution in [2.75, 3.05) is 12.4 Å². The van der Waals surface area contributed by atoms with Gasteiger partial charge in [0.05, 0.1) is 13.5 Å². The minimum absolute atomic E-state index is 0.0891. The molecule has 150 valence electrons. The lowest BCUT2D eigenvalue weighted by atomic mass is 10.1. The maximum atomic E-state index is 12.3. The Kier molecular flexibility index (Phi) is 5.61. The first kappa shape index (κ1) is 19.5. The van der Waals surface area contributed by atoms with Crippen LogP contribution in [0.4, 0.5) is 5.69 Å². The van der Waals surface area contributed by atoms with Crippen LogP contribution in [-0.2, 0) is 11.2 Å². The average molecular weight is 398 g/mol. The largest absolute Gasteiger partial charge is 0.497 e. The fourth-order valence-electron chi connectivity index (χ4n) is 3.13. The van der Waals surface area contributed by atoms with Crippen molar-refractivity contribution in [2.24, 2.45) is 0 Å². The summed E-state index contributed by atoms with van der Waals surface area (Å²) in [4.78, 5) is 16.9. The number of carbonyl (C=O) groups excluding carboxylic acids is 1. The Labute approximate surface area is 175 Å². The van der Waals surface area contributed by atoms with Gasteiger partial charge in [0.1, 0.15) is 17.7 Å². The van der Waals surface area contributed by atoms with Crippen LogP contribution in [-0.4, -0.2) is 18.0 Å². The molecule has 0 saturated carbocycles. The van der Waals surface area contributed by atoms with Gasteiger partial charge < -0.3 is 14.5 Å². The zero-order valence-electron chi connectivity index (χ0n) is 16.9. The number of anilines is 1.